The topological polar surface area (TPSA) is 761 Å². The minimum atomic E-state index is -3.79. The van der Waals surface area contributed by atoms with Gasteiger partial charge in [-0.3, -0.25) is 4.79 Å². The van der Waals surface area contributed by atoms with Crippen molar-refractivity contribution in [3.63, 3.8) is 0 Å². The molecule has 0 bridgehead atoms. The average molecular weight is 1730 g/mol. The van der Waals surface area contributed by atoms with E-state index >= 15 is 0 Å². The van der Waals surface area contributed by atoms with Gasteiger partial charge in [-0.25, -0.2) is 94.1 Å². The fraction of sp³-hybridized carbons (Fsp3) is 0.258. The minimum Gasteiger partial charge on any atom is -0.480 e. The Morgan fingerprint density at radius 2 is 0.800 bits per heavy atom. The van der Waals surface area contributed by atoms with Crippen molar-refractivity contribution in [2.24, 2.45) is 20.6 Å². The Balaban J connectivity index is 0.000000157. The molecule has 4 aromatic carbocycles. The lowest BCUT2D eigenvalue weighted by Crippen LogP contribution is -2.26. The number of carboxylic acids is 1. The van der Waals surface area contributed by atoms with Crippen molar-refractivity contribution >= 4 is 145 Å². The van der Waals surface area contributed by atoms with Crippen LogP contribution < -0.4 is 102 Å². The lowest BCUT2D eigenvalue weighted by atomic mass is 10.0. The van der Waals surface area contributed by atoms with Crippen molar-refractivity contribution in [3.8, 4) is 23.3 Å². The Kier molecular flexibility index (Phi) is 27.3. The molecule has 0 saturated carbocycles. The zero-order valence-corrected chi connectivity index (χ0v) is 67.6. The fourth-order valence-corrected chi connectivity index (χ4v) is 13.3. The number of nitrogens with one attached hydrogen (secondary N) is 11. The van der Waals surface area contributed by atoms with Crippen LogP contribution in [0, 0.1) is 0 Å². The van der Waals surface area contributed by atoms with Gasteiger partial charge in [-0.2, -0.15) is 38.7 Å². The summed E-state index contributed by atoms with van der Waals surface area (Å²) in [5.74, 6) is 4.03. The Hall–Kier alpha value is -13.9. The van der Waals surface area contributed by atoms with Crippen LogP contribution in [-0.2, 0) is 44.9 Å². The molecule has 2 fully saturated rings. The molecule has 0 amide bonds. The van der Waals surface area contributed by atoms with E-state index in [1.807, 2.05) is 0 Å². The second kappa shape index (κ2) is 37.6. The average Bonchev–Trinajstić information content (AvgIpc) is 1.43. The van der Waals surface area contributed by atoms with Crippen LogP contribution in [0.3, 0.4) is 0 Å². The minimum absolute atomic E-state index is 0.00539. The number of carbonyl (C=O) groups is 1. The van der Waals surface area contributed by atoms with E-state index in [0.29, 0.717) is 63.6 Å². The predicted molar refractivity (Wildman–Crippen MR) is 444 cm³/mol. The second-order valence-corrected chi connectivity index (χ2v) is 32.8. The molecule has 0 unspecified atom stereocenters. The molecule has 2 aliphatic rings. The third-order valence-corrected chi connectivity index (χ3v) is 20.9. The van der Waals surface area contributed by atoms with Crippen LogP contribution in [0.5, 0.6) is 0 Å². The van der Waals surface area contributed by atoms with Crippen molar-refractivity contribution in [1.29, 1.82) is 0 Å². The van der Waals surface area contributed by atoms with Gasteiger partial charge in [-0.1, -0.05) is 13.8 Å². The molecule has 4 atom stereocenters. The first-order chi connectivity index (χ1) is 57.0. The highest BCUT2D eigenvalue weighted by atomic mass is 32.2. The largest absolute Gasteiger partial charge is 0.480 e. The van der Waals surface area contributed by atoms with Crippen LogP contribution >= 0.6 is 0 Å². The number of aromatic nitrogens is 20. The van der Waals surface area contributed by atoms with E-state index in [1.165, 1.54) is 130 Å². The van der Waals surface area contributed by atoms with Gasteiger partial charge in [-0.05, 0) is 143 Å². The number of primary sulfonamides is 4. The Morgan fingerprint density at radius 3 is 1.14 bits per heavy atom. The van der Waals surface area contributed by atoms with Gasteiger partial charge in [0.25, 0.3) is 0 Å². The zero-order valence-electron chi connectivity index (χ0n) is 64.3. The van der Waals surface area contributed by atoms with Crippen LogP contribution in [0.2, 0.25) is 0 Å². The van der Waals surface area contributed by atoms with Crippen LogP contribution in [0.25, 0.3) is 23.3 Å². The summed E-state index contributed by atoms with van der Waals surface area (Å²) in [6, 6.07) is 25.9. The number of aliphatic carboxylic acids is 1. The maximum atomic E-state index is 11.4. The number of nitrogen functional groups attached to an aromatic ring is 4. The van der Waals surface area contributed by atoms with E-state index in [2.05, 4.69) is 153 Å². The van der Waals surface area contributed by atoms with Gasteiger partial charge in [0.2, 0.25) is 87.7 Å². The highest BCUT2D eigenvalue weighted by molar-refractivity contribution is 7.90. The summed E-state index contributed by atoms with van der Waals surface area (Å²) in [5.41, 5.74) is 27.8. The standard InChI is InChI=1S/C19H26N10O2S.C17H23N11O2S.C15H17N9O4S.C15H19N9O3S/c1-11(2)15-16(25-13-7-8-22-9-13)23-10-24-17(15)29-18(20)27-19(28-29)26-12-3-5-14(6-4-12)32(21,30)31;1-20-13-14(24-11-6-7-21-8-11)22-9-23-15(13)28-16(18)26-17(27-28)25-10-2-4-12(5-3-10)31(19,29)30;1-8(13(25)26)20-11-6-12(19-7-18-11)24-14(16)22-15(23-24)21-9-2-4-10(5-3-9)29(17,27)28;1-9(7-25)20-12-6-13(19-8-18-12)24-14(16)22-15(23-24)21-10-2-4-11(5-3-10)28(17,26)27/h3-6,10-11,13,22H,7-9H2,1-2H3,(H2,21,30,31)(H,23,24,25)(H3,20,26,27,28);2-5,9,11,20-21H,6-8H2,1H3,(H2,19,29,30)(H,22,23,24)(H3,18,25,26,27);2-8H,1H3,(H,25,26)(H2,17,27,28)(H,18,19,20)(H3,16,21,22,23);2-6,8-9,25H,7H2,1H3,(H2,17,26,27)(H,18,19,20)(H3,16,21,22,23)/t13-;11-;8-;9-/m0000/s1. The molecule has 2 saturated heterocycles. The summed E-state index contributed by atoms with van der Waals surface area (Å²) < 4.78 is 96.3. The first kappa shape index (κ1) is 87.0. The first-order valence-electron chi connectivity index (χ1n) is 35.8. The molecule has 0 aliphatic carbocycles. The van der Waals surface area contributed by atoms with Crippen molar-refractivity contribution < 1.29 is 48.7 Å². The number of anilines is 17. The van der Waals surface area contributed by atoms with Gasteiger partial charge in [0.05, 0.1) is 26.2 Å². The molecule has 12 aromatic rings. The van der Waals surface area contributed by atoms with E-state index in [0.717, 1.165) is 50.4 Å². The van der Waals surface area contributed by atoms with Gasteiger partial charge in [-0.15, -0.1) is 20.4 Å². The van der Waals surface area contributed by atoms with E-state index in [9.17, 15) is 38.5 Å². The van der Waals surface area contributed by atoms with E-state index in [-0.39, 0.29) is 103 Å². The summed E-state index contributed by atoms with van der Waals surface area (Å²) in [4.78, 5) is 61.4. The number of sulfonamides is 4. The van der Waals surface area contributed by atoms with Crippen molar-refractivity contribution in [3.05, 3.63) is 140 Å². The molecule has 2 aliphatic heterocycles. The quantitative estimate of drug-likeness (QED) is 0.0318. The fourth-order valence-electron chi connectivity index (χ4n) is 11.3. The van der Waals surface area contributed by atoms with Gasteiger partial charge >= 0.3 is 5.97 Å². The van der Waals surface area contributed by atoms with Crippen LogP contribution in [0.1, 0.15) is 52.0 Å². The molecule has 14 rings (SSSR count). The molecule has 10 heterocycles. The molecule has 8 aromatic heterocycles. The predicted octanol–water partition coefficient (Wildman–Crippen LogP) is 0.512. The van der Waals surface area contributed by atoms with Gasteiger partial charge in [0.1, 0.15) is 54.5 Å². The highest BCUT2D eigenvalue weighted by Crippen LogP contribution is 2.32. The number of nitrogens with two attached hydrogens (primary N) is 8. The Labute approximate surface area is 684 Å². The maximum absolute atomic E-state index is 11.4. The molecule has 120 heavy (non-hydrogen) atoms. The second-order valence-electron chi connectivity index (χ2n) is 26.5. The molecular weight excluding hydrogens is 1640 g/mol. The van der Waals surface area contributed by atoms with Gasteiger partial charge < -0.3 is 91.6 Å². The third-order valence-electron chi connectivity index (χ3n) is 17.1. The Morgan fingerprint density at radius 1 is 0.467 bits per heavy atom. The van der Waals surface area contributed by atoms with Crippen molar-refractivity contribution in [2.75, 3.05) is 111 Å². The molecule has 0 radical (unpaired) electrons. The summed E-state index contributed by atoms with van der Waals surface area (Å²) >= 11 is 0. The smallest absolute Gasteiger partial charge is 0.325 e. The van der Waals surface area contributed by atoms with E-state index in [4.69, 9.17) is 53.7 Å². The number of carboxylic acid groups (broad SMARTS) is 1. The molecular formula is C66H85N39O11S4. The molecule has 0 spiro atoms. The summed E-state index contributed by atoms with van der Waals surface area (Å²) in [6.45, 7) is 11.0. The Bertz CT molecular complexity index is 6050. The van der Waals surface area contributed by atoms with E-state index < -0.39 is 52.1 Å². The summed E-state index contributed by atoms with van der Waals surface area (Å²) in [5, 5.41) is 89.9. The first-order valence-corrected chi connectivity index (χ1v) is 42.0. The lowest BCUT2D eigenvalue weighted by Gasteiger charge is -2.19. The lowest BCUT2D eigenvalue weighted by molar-refractivity contribution is -0.137. The number of aliphatic hydroxyl groups is 1. The van der Waals surface area contributed by atoms with Gasteiger partial charge in [0.15, 0.2) is 29.1 Å². The van der Waals surface area contributed by atoms with Crippen molar-refractivity contribution in [1.82, 2.24) is 110 Å². The molecule has 50 nitrogen and oxygen atoms in total. The number of aliphatic hydroxyl groups excluding tert-OH is 1. The summed E-state index contributed by atoms with van der Waals surface area (Å²) in [7, 11) is -13.3. The molecule has 634 valence electrons. The normalized spacial score (nSPS) is 14.5. The highest BCUT2D eigenvalue weighted by Gasteiger charge is 2.26. The number of rotatable bonds is 28. The number of hydrogen-bond acceptors (Lipinski definition) is 41. The van der Waals surface area contributed by atoms with Crippen LogP contribution in [0.15, 0.2) is 154 Å². The number of hydrogen-bond donors (Lipinski definition) is 21. The third kappa shape index (κ3) is 22.9. The maximum Gasteiger partial charge on any atom is 0.325 e. The van der Waals surface area contributed by atoms with Crippen molar-refractivity contribution in [2.45, 2.75) is 90.2 Å². The monoisotopic (exact) mass is 1730 g/mol. The molecule has 54 heteroatoms. The van der Waals surface area contributed by atoms with Gasteiger partial charge in [0, 0.05) is 78.7 Å². The van der Waals surface area contributed by atoms with E-state index in [1.54, 1.807) is 44.3 Å². The van der Waals surface area contributed by atoms with Crippen LogP contribution in [0.4, 0.5) is 99.3 Å². The summed E-state index contributed by atoms with van der Waals surface area (Å²) in [6.07, 6.45) is 7.48. The number of nitrogens with zero attached hydrogens (tertiary/aromatic N) is 20. The molecule has 29 N–H and O–H groups in total. The van der Waals surface area contributed by atoms with Crippen LogP contribution in [-0.4, -0.2) is 213 Å². The SMILES string of the molecule is CC(C)c1c(N[C@H]2CCNC2)ncnc1-n1nc(Nc2ccc(S(N)(=O)=O)cc2)nc1N.CNc1c(N[C@H]2CCNC2)ncnc1-n1nc(Nc2ccc(S(N)(=O)=O)cc2)nc1N.C[C@@H](CO)Nc1cc(-n2nc(Nc3ccc(S(N)(=O)=O)cc3)nc2N)ncn1.C[C@H](Nc1cc(-n2nc(Nc3ccc(S(N)(=O)=O)cc3)nc2N)ncn1)C(=O)O. The number of benzene rings is 4. The zero-order chi connectivity index (χ0) is 86.4.